The molecule has 0 saturated carbocycles. The van der Waals surface area contributed by atoms with Gasteiger partial charge in [0, 0.05) is 6.42 Å². The minimum Gasteiger partial charge on any atom is -0.394 e. The van der Waals surface area contributed by atoms with E-state index < -0.39 is 12.1 Å². The zero-order valence-corrected chi connectivity index (χ0v) is 39.8. The van der Waals surface area contributed by atoms with Gasteiger partial charge < -0.3 is 15.5 Å². The monoisotopic (exact) mass is 826 g/mol. The van der Waals surface area contributed by atoms with Gasteiger partial charge in [0.25, 0.3) is 0 Å². The van der Waals surface area contributed by atoms with Gasteiger partial charge in [-0.15, -0.1) is 0 Å². The number of hydrogen-bond acceptors (Lipinski definition) is 3. The number of allylic oxidation sites excluding steroid dienone is 7. The lowest BCUT2D eigenvalue weighted by Crippen LogP contribution is -2.45. The number of amides is 1. The van der Waals surface area contributed by atoms with Gasteiger partial charge in [-0.3, -0.25) is 4.79 Å². The van der Waals surface area contributed by atoms with Gasteiger partial charge in [-0.1, -0.05) is 262 Å². The average Bonchev–Trinajstić information content (AvgIpc) is 3.24. The Hall–Kier alpha value is -1.65. The summed E-state index contributed by atoms with van der Waals surface area (Å²) in [6.45, 7) is 4.28. The first-order valence-corrected chi connectivity index (χ1v) is 26.4. The van der Waals surface area contributed by atoms with Crippen LogP contribution in [0, 0.1) is 0 Å². The zero-order valence-electron chi connectivity index (χ0n) is 39.8. The lowest BCUT2D eigenvalue weighted by atomic mass is 10.0. The van der Waals surface area contributed by atoms with Gasteiger partial charge >= 0.3 is 0 Å². The number of carbonyl (C=O) groups excluding carboxylic acids is 1. The summed E-state index contributed by atoms with van der Waals surface area (Å²) in [5, 5.41) is 23.0. The second kappa shape index (κ2) is 50.7. The van der Waals surface area contributed by atoms with Gasteiger partial charge in [-0.05, 0) is 57.8 Å². The molecule has 3 N–H and O–H groups in total. The van der Waals surface area contributed by atoms with E-state index in [0.29, 0.717) is 6.42 Å². The SMILES string of the molecule is CCCCCCC/C=C\C/C=C\C/C=C\CCCCCCCCCCCCCCCCCCCCCCCCC(=O)NC(CO)C(O)/C=C/CCCCCCCCCC. The molecule has 0 rings (SSSR count). The zero-order chi connectivity index (χ0) is 42.8. The molecule has 0 aromatic rings. The fourth-order valence-electron chi connectivity index (χ4n) is 8.01. The molecule has 59 heavy (non-hydrogen) atoms. The highest BCUT2D eigenvalue weighted by Crippen LogP contribution is 2.16. The summed E-state index contributed by atoms with van der Waals surface area (Å²) in [5.74, 6) is -0.0629. The van der Waals surface area contributed by atoms with E-state index in [9.17, 15) is 15.0 Å². The Labute approximate surface area is 369 Å². The third kappa shape index (κ3) is 47.3. The second-order valence-electron chi connectivity index (χ2n) is 17.9. The lowest BCUT2D eigenvalue weighted by Gasteiger charge is -2.20. The quantitative estimate of drug-likeness (QED) is 0.0423. The summed E-state index contributed by atoms with van der Waals surface area (Å²) in [6.07, 6.45) is 69.9. The Bertz CT molecular complexity index is 939. The van der Waals surface area contributed by atoms with Crippen molar-refractivity contribution < 1.29 is 15.0 Å². The highest BCUT2D eigenvalue weighted by molar-refractivity contribution is 5.76. The summed E-state index contributed by atoms with van der Waals surface area (Å²) >= 11 is 0. The Morgan fingerprint density at radius 2 is 0.695 bits per heavy atom. The molecule has 0 aliphatic carbocycles. The minimum absolute atomic E-state index is 0.0629. The number of carbonyl (C=O) groups is 1. The molecule has 0 heterocycles. The van der Waals surface area contributed by atoms with Crippen LogP contribution in [0.25, 0.3) is 0 Å². The van der Waals surface area contributed by atoms with Crippen LogP contribution in [0.4, 0.5) is 0 Å². The van der Waals surface area contributed by atoms with Crippen molar-refractivity contribution in [2.45, 2.75) is 289 Å². The molecule has 0 radical (unpaired) electrons. The van der Waals surface area contributed by atoms with E-state index in [0.717, 1.165) is 38.5 Å². The Morgan fingerprint density at radius 3 is 1.03 bits per heavy atom. The number of unbranched alkanes of at least 4 members (excludes halogenated alkanes) is 35. The molecular weight excluding hydrogens is 723 g/mol. The van der Waals surface area contributed by atoms with E-state index in [1.807, 2.05) is 6.08 Å². The van der Waals surface area contributed by atoms with Crippen molar-refractivity contribution in [1.82, 2.24) is 5.32 Å². The number of aliphatic hydroxyl groups excluding tert-OH is 2. The van der Waals surface area contributed by atoms with E-state index in [4.69, 9.17) is 0 Å². The van der Waals surface area contributed by atoms with Gasteiger partial charge in [0.2, 0.25) is 5.91 Å². The first-order valence-electron chi connectivity index (χ1n) is 26.4. The third-order valence-electron chi connectivity index (χ3n) is 12.1. The van der Waals surface area contributed by atoms with Crippen LogP contribution >= 0.6 is 0 Å². The molecule has 0 saturated heterocycles. The first kappa shape index (κ1) is 57.3. The minimum atomic E-state index is -0.836. The molecule has 0 aromatic carbocycles. The largest absolute Gasteiger partial charge is 0.394 e. The summed E-state index contributed by atoms with van der Waals surface area (Å²) in [7, 11) is 0. The number of nitrogens with one attached hydrogen (secondary N) is 1. The maximum absolute atomic E-state index is 12.4. The van der Waals surface area contributed by atoms with Crippen LogP contribution in [0.1, 0.15) is 277 Å². The predicted octanol–water partition coefficient (Wildman–Crippen LogP) is 17.1. The molecular formula is C55H103NO3. The van der Waals surface area contributed by atoms with Crippen molar-refractivity contribution >= 4 is 5.91 Å². The third-order valence-corrected chi connectivity index (χ3v) is 12.1. The molecule has 0 aromatic heterocycles. The molecule has 0 aliphatic rings. The predicted molar refractivity (Wildman–Crippen MR) is 262 cm³/mol. The van der Waals surface area contributed by atoms with Gasteiger partial charge in [-0.25, -0.2) is 0 Å². The Morgan fingerprint density at radius 1 is 0.407 bits per heavy atom. The molecule has 1 amide bonds. The van der Waals surface area contributed by atoms with Crippen LogP contribution in [0.15, 0.2) is 48.6 Å². The van der Waals surface area contributed by atoms with Crippen LogP contribution in [0.2, 0.25) is 0 Å². The highest BCUT2D eigenvalue weighted by Gasteiger charge is 2.18. The fraction of sp³-hybridized carbons (Fsp3) is 0.836. The van der Waals surface area contributed by atoms with Crippen LogP contribution < -0.4 is 5.32 Å². The molecule has 0 bridgehead atoms. The van der Waals surface area contributed by atoms with Crippen LogP contribution in [-0.4, -0.2) is 34.9 Å². The summed E-state index contributed by atoms with van der Waals surface area (Å²) < 4.78 is 0. The molecule has 346 valence electrons. The molecule has 0 aliphatic heterocycles. The Balaban J connectivity index is 3.39. The first-order chi connectivity index (χ1) is 29.2. The van der Waals surface area contributed by atoms with Crippen molar-refractivity contribution in [1.29, 1.82) is 0 Å². The molecule has 2 atom stereocenters. The van der Waals surface area contributed by atoms with E-state index in [-0.39, 0.29) is 12.5 Å². The van der Waals surface area contributed by atoms with Crippen molar-refractivity contribution in [3.63, 3.8) is 0 Å². The summed E-state index contributed by atoms with van der Waals surface area (Å²) in [4.78, 5) is 12.4. The topological polar surface area (TPSA) is 69.6 Å². The molecule has 0 fully saturated rings. The van der Waals surface area contributed by atoms with Crippen molar-refractivity contribution in [3.8, 4) is 0 Å². The Kier molecular flexibility index (Phi) is 49.3. The number of aliphatic hydroxyl groups is 2. The van der Waals surface area contributed by atoms with E-state index in [1.54, 1.807) is 6.08 Å². The van der Waals surface area contributed by atoms with E-state index in [1.165, 1.54) is 218 Å². The van der Waals surface area contributed by atoms with Crippen molar-refractivity contribution in [2.24, 2.45) is 0 Å². The second-order valence-corrected chi connectivity index (χ2v) is 17.9. The summed E-state index contributed by atoms with van der Waals surface area (Å²) in [6, 6.07) is -0.619. The van der Waals surface area contributed by atoms with Gasteiger partial charge in [-0.2, -0.15) is 0 Å². The van der Waals surface area contributed by atoms with Crippen LogP contribution in [0.3, 0.4) is 0 Å². The number of rotatable bonds is 48. The standard InChI is InChI=1S/C55H103NO3/c1-3-5-7-9-11-13-15-16-17-18-19-20-21-22-23-24-25-26-27-28-29-30-31-32-33-34-35-36-37-38-39-40-41-43-45-47-49-51-55(59)56-53(52-57)54(58)50-48-46-44-42-14-12-10-8-6-4-2/h15-16,18-19,21-22,48,50,53-54,57-58H,3-14,17,20,23-47,49,51-52H2,1-2H3,(H,56,59)/b16-15-,19-18-,22-21-,50-48+. The normalized spacial score (nSPS) is 13.2. The lowest BCUT2D eigenvalue weighted by molar-refractivity contribution is -0.123. The average molecular weight is 826 g/mol. The van der Waals surface area contributed by atoms with Gasteiger partial charge in [0.1, 0.15) is 0 Å². The molecule has 4 heteroatoms. The summed E-state index contributed by atoms with van der Waals surface area (Å²) in [5.41, 5.74) is 0. The number of hydrogen-bond donors (Lipinski definition) is 3. The van der Waals surface area contributed by atoms with Crippen LogP contribution in [-0.2, 0) is 4.79 Å². The van der Waals surface area contributed by atoms with Crippen molar-refractivity contribution in [2.75, 3.05) is 6.61 Å². The molecule has 4 nitrogen and oxygen atoms in total. The maximum atomic E-state index is 12.4. The molecule has 0 spiro atoms. The van der Waals surface area contributed by atoms with Crippen molar-refractivity contribution in [3.05, 3.63) is 48.6 Å². The van der Waals surface area contributed by atoms with E-state index in [2.05, 4.69) is 55.6 Å². The molecule has 2 unspecified atom stereocenters. The van der Waals surface area contributed by atoms with Gasteiger partial charge in [0.15, 0.2) is 0 Å². The van der Waals surface area contributed by atoms with E-state index >= 15 is 0 Å². The smallest absolute Gasteiger partial charge is 0.220 e. The highest BCUT2D eigenvalue weighted by atomic mass is 16.3. The maximum Gasteiger partial charge on any atom is 0.220 e. The van der Waals surface area contributed by atoms with Crippen LogP contribution in [0.5, 0.6) is 0 Å². The van der Waals surface area contributed by atoms with Gasteiger partial charge in [0.05, 0.1) is 18.8 Å². The fourth-order valence-corrected chi connectivity index (χ4v) is 8.01.